The van der Waals surface area contributed by atoms with Crippen molar-refractivity contribution in [2.24, 2.45) is 0 Å². The van der Waals surface area contributed by atoms with Crippen molar-refractivity contribution in [1.82, 2.24) is 10.2 Å². The van der Waals surface area contributed by atoms with E-state index in [2.05, 4.69) is 12.2 Å². The molecule has 0 aliphatic carbocycles. The highest BCUT2D eigenvalue weighted by atomic mass is 35.5. The van der Waals surface area contributed by atoms with Crippen LogP contribution in [0.15, 0.2) is 72.8 Å². The normalized spacial score (nSPS) is 11.7. The first kappa shape index (κ1) is 29.0. The zero-order valence-electron chi connectivity index (χ0n) is 20.8. The number of carbonyl (C=O) groups excluding carboxylic acids is 2. The van der Waals surface area contributed by atoms with E-state index in [0.29, 0.717) is 34.3 Å². The topological polar surface area (TPSA) is 49.4 Å². The summed E-state index contributed by atoms with van der Waals surface area (Å²) in [6.07, 6.45) is 2.16. The number of hydrogen-bond acceptors (Lipinski definition) is 3. The maximum atomic E-state index is 14.1. The van der Waals surface area contributed by atoms with Gasteiger partial charge in [-0.1, -0.05) is 91.1 Å². The molecule has 1 N–H and O–H groups in total. The Labute approximate surface area is 232 Å². The van der Waals surface area contributed by atoms with Gasteiger partial charge in [0.15, 0.2) is 0 Å². The second kappa shape index (κ2) is 15.0. The number of hydrogen-bond donors (Lipinski definition) is 1. The molecule has 1 atom stereocenters. The van der Waals surface area contributed by atoms with Crippen LogP contribution in [0.5, 0.6) is 0 Å². The third kappa shape index (κ3) is 9.06. The third-order valence-corrected chi connectivity index (χ3v) is 7.58. The minimum atomic E-state index is -0.727. The molecule has 2 amide bonds. The molecule has 0 saturated carbocycles. The maximum Gasteiger partial charge on any atom is 0.243 e. The predicted octanol–water partition coefficient (Wildman–Crippen LogP) is 6.92. The van der Waals surface area contributed by atoms with E-state index in [0.717, 1.165) is 24.0 Å². The van der Waals surface area contributed by atoms with Gasteiger partial charge in [-0.2, -0.15) is 0 Å². The molecule has 0 heterocycles. The van der Waals surface area contributed by atoms with Gasteiger partial charge in [0.2, 0.25) is 11.8 Å². The van der Waals surface area contributed by atoms with E-state index in [1.807, 2.05) is 30.3 Å². The van der Waals surface area contributed by atoms with Crippen molar-refractivity contribution in [2.75, 3.05) is 12.3 Å². The van der Waals surface area contributed by atoms with E-state index in [1.165, 1.54) is 17.8 Å². The van der Waals surface area contributed by atoms with Crippen molar-refractivity contribution in [3.05, 3.63) is 105 Å². The maximum absolute atomic E-state index is 14.1. The number of amides is 2. The number of nitrogens with one attached hydrogen (secondary N) is 1. The SMILES string of the molecule is CCCCNC(=O)C(Cc1ccccc1)N(Cc1ccc(Cl)c(Cl)c1)C(=O)CSCc1ccccc1F. The van der Waals surface area contributed by atoms with Gasteiger partial charge in [-0.3, -0.25) is 9.59 Å². The number of nitrogens with zero attached hydrogens (tertiary/aromatic N) is 1. The van der Waals surface area contributed by atoms with Gasteiger partial charge in [-0.15, -0.1) is 11.8 Å². The third-order valence-electron chi connectivity index (χ3n) is 5.88. The van der Waals surface area contributed by atoms with Crippen LogP contribution in [0.4, 0.5) is 4.39 Å². The van der Waals surface area contributed by atoms with Crippen LogP contribution in [0, 0.1) is 5.82 Å². The van der Waals surface area contributed by atoms with E-state index < -0.39 is 6.04 Å². The molecule has 37 heavy (non-hydrogen) atoms. The molecular weight excluding hydrogens is 530 g/mol. The molecule has 0 bridgehead atoms. The Kier molecular flexibility index (Phi) is 11.8. The molecule has 8 heteroatoms. The van der Waals surface area contributed by atoms with Crippen molar-refractivity contribution in [3.8, 4) is 0 Å². The molecule has 0 fully saturated rings. The summed E-state index contributed by atoms with van der Waals surface area (Å²) in [5.41, 5.74) is 2.25. The van der Waals surface area contributed by atoms with Crippen LogP contribution in [0.25, 0.3) is 0 Å². The Morgan fingerprint density at radius 2 is 1.70 bits per heavy atom. The van der Waals surface area contributed by atoms with Crippen LogP contribution in [0.3, 0.4) is 0 Å². The fraction of sp³-hybridized carbons (Fsp3) is 0.310. The summed E-state index contributed by atoms with van der Waals surface area (Å²) in [6.45, 7) is 2.78. The van der Waals surface area contributed by atoms with Crippen molar-refractivity contribution in [3.63, 3.8) is 0 Å². The molecule has 0 saturated heterocycles. The van der Waals surface area contributed by atoms with Gasteiger partial charge in [0.25, 0.3) is 0 Å². The average molecular weight is 562 g/mol. The molecule has 0 aliphatic rings. The van der Waals surface area contributed by atoms with E-state index in [9.17, 15) is 14.0 Å². The lowest BCUT2D eigenvalue weighted by molar-refractivity contribution is -0.139. The Balaban J connectivity index is 1.86. The summed E-state index contributed by atoms with van der Waals surface area (Å²) in [6, 6.07) is 20.6. The molecule has 1 unspecified atom stereocenters. The first-order valence-corrected chi connectivity index (χ1v) is 14.2. The first-order chi connectivity index (χ1) is 17.9. The van der Waals surface area contributed by atoms with Gasteiger partial charge in [-0.05, 0) is 41.3 Å². The molecule has 0 radical (unpaired) electrons. The number of halogens is 3. The van der Waals surface area contributed by atoms with E-state index >= 15 is 0 Å². The highest BCUT2D eigenvalue weighted by Crippen LogP contribution is 2.25. The summed E-state index contributed by atoms with van der Waals surface area (Å²) in [5, 5.41) is 3.80. The van der Waals surface area contributed by atoms with Crippen LogP contribution in [0.2, 0.25) is 10.0 Å². The van der Waals surface area contributed by atoms with Gasteiger partial charge in [0, 0.05) is 25.3 Å². The first-order valence-electron chi connectivity index (χ1n) is 12.2. The van der Waals surface area contributed by atoms with E-state index in [-0.39, 0.29) is 29.9 Å². The van der Waals surface area contributed by atoms with Crippen LogP contribution in [0.1, 0.15) is 36.5 Å². The van der Waals surface area contributed by atoms with E-state index in [1.54, 1.807) is 41.3 Å². The molecule has 0 spiro atoms. The van der Waals surface area contributed by atoms with Crippen molar-refractivity contribution in [2.45, 2.75) is 44.5 Å². The number of carbonyl (C=O) groups is 2. The fourth-order valence-electron chi connectivity index (χ4n) is 3.84. The van der Waals surface area contributed by atoms with Gasteiger partial charge < -0.3 is 10.2 Å². The molecule has 196 valence electrons. The Morgan fingerprint density at radius 3 is 2.41 bits per heavy atom. The Hall–Kier alpha value is -2.54. The summed E-state index contributed by atoms with van der Waals surface area (Å²) >= 11 is 13.7. The second-order valence-electron chi connectivity index (χ2n) is 8.70. The number of rotatable bonds is 13. The molecule has 3 aromatic carbocycles. The zero-order chi connectivity index (χ0) is 26.6. The predicted molar refractivity (Wildman–Crippen MR) is 151 cm³/mol. The van der Waals surface area contributed by atoms with Crippen molar-refractivity contribution >= 4 is 46.8 Å². The van der Waals surface area contributed by atoms with Crippen LogP contribution < -0.4 is 5.32 Å². The molecule has 4 nitrogen and oxygen atoms in total. The largest absolute Gasteiger partial charge is 0.354 e. The van der Waals surface area contributed by atoms with Crippen LogP contribution >= 0.6 is 35.0 Å². The fourth-order valence-corrected chi connectivity index (χ4v) is 5.06. The summed E-state index contributed by atoms with van der Waals surface area (Å²) in [5.74, 6) is -0.259. The monoisotopic (exact) mass is 560 g/mol. The number of benzene rings is 3. The highest BCUT2D eigenvalue weighted by molar-refractivity contribution is 7.99. The summed E-state index contributed by atoms with van der Waals surface area (Å²) in [7, 11) is 0. The number of unbranched alkanes of at least 4 members (excludes halogenated alkanes) is 1. The Bertz CT molecular complexity index is 1180. The minimum absolute atomic E-state index is 0.100. The molecule has 0 aliphatic heterocycles. The summed E-state index contributed by atoms with van der Waals surface area (Å²) in [4.78, 5) is 28.6. The van der Waals surface area contributed by atoms with E-state index in [4.69, 9.17) is 23.2 Å². The minimum Gasteiger partial charge on any atom is -0.354 e. The molecular formula is C29H31Cl2FN2O2S. The number of thioether (sulfide) groups is 1. The Morgan fingerprint density at radius 1 is 0.973 bits per heavy atom. The van der Waals surface area contributed by atoms with Gasteiger partial charge in [0.05, 0.1) is 15.8 Å². The zero-order valence-corrected chi connectivity index (χ0v) is 23.1. The highest BCUT2D eigenvalue weighted by Gasteiger charge is 2.30. The average Bonchev–Trinajstić information content (AvgIpc) is 2.90. The quantitative estimate of drug-likeness (QED) is 0.231. The second-order valence-corrected chi connectivity index (χ2v) is 10.5. The summed E-state index contributed by atoms with van der Waals surface area (Å²) < 4.78 is 14.1. The van der Waals surface area contributed by atoms with Gasteiger partial charge >= 0.3 is 0 Å². The molecule has 0 aromatic heterocycles. The lowest BCUT2D eigenvalue weighted by atomic mass is 10.0. The molecule has 3 aromatic rings. The molecule has 3 rings (SSSR count). The van der Waals surface area contributed by atoms with Gasteiger partial charge in [-0.25, -0.2) is 4.39 Å². The smallest absolute Gasteiger partial charge is 0.243 e. The lowest BCUT2D eigenvalue weighted by Gasteiger charge is -2.31. The van der Waals surface area contributed by atoms with Gasteiger partial charge in [0.1, 0.15) is 11.9 Å². The van der Waals surface area contributed by atoms with Crippen LogP contribution in [-0.2, 0) is 28.3 Å². The standard InChI is InChI=1S/C29H31Cl2FN2O2S/c1-2-3-15-33-29(36)27(17-21-9-5-4-6-10-21)34(18-22-13-14-24(30)25(31)16-22)28(35)20-37-19-23-11-7-8-12-26(23)32/h4-14,16,27H,2-3,15,17-20H2,1H3,(H,33,36). The van der Waals surface area contributed by atoms with Crippen molar-refractivity contribution in [1.29, 1.82) is 0 Å². The lowest BCUT2D eigenvalue weighted by Crippen LogP contribution is -2.51. The van der Waals surface area contributed by atoms with Crippen molar-refractivity contribution < 1.29 is 14.0 Å². The van der Waals surface area contributed by atoms with Crippen LogP contribution in [-0.4, -0.2) is 35.1 Å².